The van der Waals surface area contributed by atoms with Gasteiger partial charge in [-0.1, -0.05) is 54.6 Å². The van der Waals surface area contributed by atoms with Crippen LogP contribution in [-0.4, -0.2) is 29.1 Å². The zero-order chi connectivity index (χ0) is 25.1. The van der Waals surface area contributed by atoms with E-state index in [1.54, 1.807) is 0 Å². The van der Waals surface area contributed by atoms with E-state index >= 15 is 0 Å². The number of benzene rings is 3. The minimum absolute atomic E-state index is 0.775. The Bertz CT molecular complexity index is 2110. The molecule has 0 saturated heterocycles. The average molecular weight is 489 g/mol. The molecule has 0 amide bonds. The van der Waals surface area contributed by atoms with Crippen molar-refractivity contribution in [2.45, 2.75) is 0 Å². The third-order valence-corrected chi connectivity index (χ3v) is 7.03. The number of para-hydroxylation sites is 2. The summed E-state index contributed by atoms with van der Waals surface area (Å²) in [4.78, 5) is 19.7. The van der Waals surface area contributed by atoms with Gasteiger partial charge >= 0.3 is 0 Å². The van der Waals surface area contributed by atoms with Gasteiger partial charge in [0.2, 0.25) is 0 Å². The molecule has 0 aliphatic carbocycles. The Kier molecular flexibility index (Phi) is 4.42. The summed E-state index contributed by atoms with van der Waals surface area (Å²) >= 11 is 0. The fourth-order valence-corrected chi connectivity index (χ4v) is 5.34. The van der Waals surface area contributed by atoms with Crippen molar-refractivity contribution in [3.05, 3.63) is 122 Å². The second-order valence-corrected chi connectivity index (χ2v) is 9.22. The van der Waals surface area contributed by atoms with Crippen molar-refractivity contribution in [2.75, 3.05) is 0 Å². The first-order valence-electron chi connectivity index (χ1n) is 12.5. The van der Waals surface area contributed by atoms with Crippen molar-refractivity contribution < 1.29 is 0 Å². The van der Waals surface area contributed by atoms with Crippen LogP contribution in [0.5, 0.6) is 0 Å². The molecule has 0 atom stereocenters. The number of pyridine rings is 2. The molecule has 0 radical (unpaired) electrons. The molecular weight excluding hydrogens is 468 g/mol. The minimum atomic E-state index is 0.775. The first kappa shape index (κ1) is 20.8. The normalized spacial score (nSPS) is 11.7. The maximum atomic E-state index is 5.30. The van der Waals surface area contributed by atoms with Crippen LogP contribution in [0.4, 0.5) is 0 Å². The van der Waals surface area contributed by atoms with E-state index in [0.717, 1.165) is 66.9 Å². The Labute approximate surface area is 217 Å². The van der Waals surface area contributed by atoms with Crippen molar-refractivity contribution in [2.24, 2.45) is 0 Å². The predicted molar refractivity (Wildman–Crippen MR) is 152 cm³/mol. The summed E-state index contributed by atoms with van der Waals surface area (Å²) in [5.74, 6) is 0. The Morgan fingerprint density at radius 1 is 0.447 bits per heavy atom. The Balaban J connectivity index is 1.45. The number of rotatable bonds is 3. The molecule has 0 spiro atoms. The second kappa shape index (κ2) is 8.08. The SMILES string of the molecule is c1ccc(-n2c3ccccc3c3nc4c5ncccc5n(-c5ccc(-c6ccccn6)cc5)c4nc32)cc1. The largest absolute Gasteiger partial charge is 0.292 e. The first-order chi connectivity index (χ1) is 18.9. The molecule has 0 unspecified atom stereocenters. The summed E-state index contributed by atoms with van der Waals surface area (Å²) < 4.78 is 4.34. The highest BCUT2D eigenvalue weighted by molar-refractivity contribution is 6.11. The summed E-state index contributed by atoms with van der Waals surface area (Å²) in [6, 6.07) is 37.0. The highest BCUT2D eigenvalue weighted by Crippen LogP contribution is 2.35. The van der Waals surface area contributed by atoms with Gasteiger partial charge in [0.15, 0.2) is 11.3 Å². The van der Waals surface area contributed by atoms with Crippen molar-refractivity contribution in [3.8, 4) is 22.6 Å². The van der Waals surface area contributed by atoms with Gasteiger partial charge in [0.25, 0.3) is 0 Å². The summed E-state index contributed by atoms with van der Waals surface area (Å²) in [5, 5.41) is 1.07. The number of hydrogen-bond donors (Lipinski definition) is 0. The van der Waals surface area contributed by atoms with E-state index in [1.165, 1.54) is 0 Å². The topological polar surface area (TPSA) is 61.4 Å². The monoisotopic (exact) mass is 488 g/mol. The van der Waals surface area contributed by atoms with Crippen LogP contribution in [0.15, 0.2) is 122 Å². The molecule has 0 saturated carbocycles. The molecule has 5 heterocycles. The van der Waals surface area contributed by atoms with Gasteiger partial charge in [0.1, 0.15) is 16.6 Å². The molecule has 0 aliphatic heterocycles. The van der Waals surface area contributed by atoms with E-state index in [4.69, 9.17) is 15.0 Å². The van der Waals surface area contributed by atoms with Crippen LogP contribution < -0.4 is 0 Å². The van der Waals surface area contributed by atoms with Crippen LogP contribution in [0.3, 0.4) is 0 Å². The van der Waals surface area contributed by atoms with Crippen molar-refractivity contribution in [1.82, 2.24) is 29.1 Å². The second-order valence-electron chi connectivity index (χ2n) is 9.22. The van der Waals surface area contributed by atoms with Gasteiger partial charge in [0, 0.05) is 34.7 Å². The quantitative estimate of drug-likeness (QED) is 0.265. The average Bonchev–Trinajstić information content (AvgIpc) is 3.49. The van der Waals surface area contributed by atoms with Gasteiger partial charge in [-0.25, -0.2) is 9.97 Å². The highest BCUT2D eigenvalue weighted by Gasteiger charge is 2.21. The minimum Gasteiger partial charge on any atom is -0.292 e. The summed E-state index contributed by atoms with van der Waals surface area (Å²) in [6.07, 6.45) is 3.63. The van der Waals surface area contributed by atoms with E-state index in [2.05, 4.69) is 74.8 Å². The zero-order valence-corrected chi connectivity index (χ0v) is 20.2. The van der Waals surface area contributed by atoms with Crippen LogP contribution in [0.1, 0.15) is 0 Å². The van der Waals surface area contributed by atoms with Crippen LogP contribution in [0.25, 0.3) is 66.9 Å². The number of fused-ring (bicyclic) bond motifs is 6. The van der Waals surface area contributed by atoms with Crippen LogP contribution in [0.2, 0.25) is 0 Å². The molecule has 5 aromatic heterocycles. The first-order valence-corrected chi connectivity index (χ1v) is 12.5. The summed E-state index contributed by atoms with van der Waals surface area (Å²) in [7, 11) is 0. The molecule has 0 aliphatic rings. The molecule has 8 aromatic rings. The van der Waals surface area contributed by atoms with Gasteiger partial charge < -0.3 is 0 Å². The number of nitrogens with zero attached hydrogens (tertiary/aromatic N) is 6. The standard InChI is InChI=1S/C32H20N6/c1-2-9-22(10-3-1)37-26-13-5-4-11-24(26)28-31(37)36-32-30(35-28)29-27(14-8-20-34-29)38(32)23-17-15-21(16-18-23)25-12-6-7-19-33-25/h1-20H. The fraction of sp³-hybridized carbons (Fsp3) is 0. The van der Waals surface area contributed by atoms with Crippen molar-refractivity contribution in [3.63, 3.8) is 0 Å². The zero-order valence-electron chi connectivity index (χ0n) is 20.2. The molecule has 6 heteroatoms. The third kappa shape index (κ3) is 3.01. The highest BCUT2D eigenvalue weighted by atomic mass is 15.1. The van der Waals surface area contributed by atoms with Gasteiger partial charge in [-0.3, -0.25) is 19.1 Å². The summed E-state index contributed by atoms with van der Waals surface area (Å²) in [5.41, 5.74) is 10.2. The number of aromatic nitrogens is 6. The van der Waals surface area contributed by atoms with Gasteiger partial charge in [0.05, 0.1) is 16.7 Å². The van der Waals surface area contributed by atoms with E-state index < -0.39 is 0 Å². The molecule has 178 valence electrons. The van der Waals surface area contributed by atoms with E-state index in [9.17, 15) is 0 Å². The Morgan fingerprint density at radius 2 is 1.13 bits per heavy atom. The van der Waals surface area contributed by atoms with Crippen LogP contribution in [-0.2, 0) is 0 Å². The van der Waals surface area contributed by atoms with E-state index in [-0.39, 0.29) is 0 Å². The third-order valence-electron chi connectivity index (χ3n) is 7.03. The van der Waals surface area contributed by atoms with Gasteiger partial charge in [-0.15, -0.1) is 0 Å². The lowest BCUT2D eigenvalue weighted by molar-refractivity contribution is 1.10. The Hall–Kier alpha value is -5.36. The maximum Gasteiger partial charge on any atom is 0.168 e. The van der Waals surface area contributed by atoms with Crippen LogP contribution in [0, 0.1) is 0 Å². The predicted octanol–water partition coefficient (Wildman–Crippen LogP) is 7.13. The summed E-state index contributed by atoms with van der Waals surface area (Å²) in [6.45, 7) is 0. The molecule has 0 bridgehead atoms. The number of hydrogen-bond acceptors (Lipinski definition) is 4. The molecule has 0 fully saturated rings. The molecular formula is C32H20N6. The van der Waals surface area contributed by atoms with Gasteiger partial charge in [-0.2, -0.15) is 0 Å². The lowest BCUT2D eigenvalue weighted by Crippen LogP contribution is -1.99. The van der Waals surface area contributed by atoms with Crippen molar-refractivity contribution in [1.29, 1.82) is 0 Å². The molecule has 38 heavy (non-hydrogen) atoms. The van der Waals surface area contributed by atoms with Gasteiger partial charge in [-0.05, 0) is 54.6 Å². The lowest BCUT2D eigenvalue weighted by atomic mass is 10.1. The van der Waals surface area contributed by atoms with E-state index in [0.29, 0.717) is 0 Å². The van der Waals surface area contributed by atoms with E-state index in [1.807, 2.05) is 60.9 Å². The fourth-order valence-electron chi connectivity index (χ4n) is 5.34. The Morgan fingerprint density at radius 3 is 1.97 bits per heavy atom. The van der Waals surface area contributed by atoms with Crippen molar-refractivity contribution >= 4 is 44.3 Å². The lowest BCUT2D eigenvalue weighted by Gasteiger charge is -2.09. The van der Waals surface area contributed by atoms with Crippen LogP contribution >= 0.6 is 0 Å². The molecule has 6 nitrogen and oxygen atoms in total. The molecule has 8 rings (SSSR count). The smallest absolute Gasteiger partial charge is 0.168 e. The molecule has 3 aromatic carbocycles. The maximum absolute atomic E-state index is 5.30. The molecule has 0 N–H and O–H groups in total.